The normalized spacial score (nSPS) is 9.69. The second-order valence-electron chi connectivity index (χ2n) is 2.41. The predicted octanol–water partition coefficient (Wildman–Crippen LogP) is 3.18. The fourth-order valence-electron chi connectivity index (χ4n) is 0.501. The van der Waals surface area contributed by atoms with Crippen molar-refractivity contribution < 1.29 is 9.90 Å². The lowest BCUT2D eigenvalue weighted by molar-refractivity contribution is -0.113. The number of aliphatic hydroxyl groups excluding tert-OH is 1. The molecule has 2 heteroatoms. The smallest absolute Gasteiger partial charge is 0.162 e. The number of carbonyl (C=O) groups excluding carboxylic acids is 1. The molecular weight excluding hydrogens is 164 g/mol. The monoisotopic (exact) mass is 182 g/mol. The summed E-state index contributed by atoms with van der Waals surface area (Å²) in [5.41, 5.74) is 0.804. The van der Waals surface area contributed by atoms with Crippen molar-refractivity contribution in [2.75, 3.05) is 0 Å². The molecule has 0 radical (unpaired) electrons. The van der Waals surface area contributed by atoms with E-state index in [0.717, 1.165) is 0 Å². The van der Waals surface area contributed by atoms with Crippen LogP contribution in [-0.4, -0.2) is 10.9 Å². The maximum atomic E-state index is 10.6. The van der Waals surface area contributed by atoms with Crippen molar-refractivity contribution in [1.29, 1.82) is 0 Å². The molecule has 0 aliphatic rings. The number of carbonyl (C=O) groups is 1. The maximum Gasteiger partial charge on any atom is 0.162 e. The molecule has 0 aliphatic heterocycles. The first kappa shape index (κ1) is 14.2. The Hall–Kier alpha value is -1.31. The lowest BCUT2D eigenvalue weighted by Gasteiger charge is -1.98. The molecule has 0 bridgehead atoms. The summed E-state index contributed by atoms with van der Waals surface area (Å²) in [6.07, 6.45) is 1.41. The fraction of sp³-hybridized carbons (Fsp3) is 0.364. The van der Waals surface area contributed by atoms with Crippen LogP contribution < -0.4 is 0 Å². The number of ketones is 1. The Labute approximate surface area is 80.3 Å². The van der Waals surface area contributed by atoms with E-state index in [1.807, 2.05) is 13.8 Å². The highest BCUT2D eigenvalue weighted by atomic mass is 16.3. The van der Waals surface area contributed by atoms with Gasteiger partial charge in [0.1, 0.15) is 5.76 Å². The summed E-state index contributed by atoms with van der Waals surface area (Å²) in [7, 11) is 0. The van der Waals surface area contributed by atoms with Crippen LogP contribution in [0.4, 0.5) is 0 Å². The number of aliphatic hydroxyl groups is 1. The van der Waals surface area contributed by atoms with E-state index in [0.29, 0.717) is 5.57 Å². The molecule has 13 heavy (non-hydrogen) atoms. The molecule has 0 saturated carbocycles. The quantitative estimate of drug-likeness (QED) is 0.413. The first-order valence-corrected chi connectivity index (χ1v) is 4.21. The van der Waals surface area contributed by atoms with Gasteiger partial charge in [-0.2, -0.15) is 0 Å². The number of rotatable bonds is 3. The predicted molar refractivity (Wildman–Crippen MR) is 56.7 cm³/mol. The van der Waals surface area contributed by atoms with E-state index in [4.69, 9.17) is 5.11 Å². The minimum Gasteiger partial charge on any atom is -0.507 e. The molecule has 0 unspecified atom stereocenters. The Kier molecular flexibility index (Phi) is 8.04. The van der Waals surface area contributed by atoms with Crippen LogP contribution in [0.25, 0.3) is 0 Å². The molecule has 1 N–H and O–H groups in total. The summed E-state index contributed by atoms with van der Waals surface area (Å²) in [4.78, 5) is 10.6. The highest BCUT2D eigenvalue weighted by molar-refractivity contribution is 5.96. The summed E-state index contributed by atoms with van der Waals surface area (Å²) in [6, 6.07) is 0. The first-order valence-electron chi connectivity index (χ1n) is 4.21. The van der Waals surface area contributed by atoms with Crippen LogP contribution in [0.1, 0.15) is 27.7 Å². The van der Waals surface area contributed by atoms with E-state index in [1.165, 1.54) is 13.0 Å². The van der Waals surface area contributed by atoms with Gasteiger partial charge in [-0.1, -0.05) is 32.6 Å². The zero-order valence-electron chi connectivity index (χ0n) is 8.85. The highest BCUT2D eigenvalue weighted by Crippen LogP contribution is 2.07. The SMILES string of the molecule is C=C(C)/C=C(/O)C(=C)C(C)=O.CC. The second-order valence-corrected chi connectivity index (χ2v) is 2.41. The second kappa shape index (κ2) is 7.35. The summed E-state index contributed by atoms with van der Waals surface area (Å²) in [5, 5.41) is 9.14. The molecule has 0 spiro atoms. The molecule has 0 aromatic rings. The summed E-state index contributed by atoms with van der Waals surface area (Å²) >= 11 is 0. The van der Waals surface area contributed by atoms with E-state index >= 15 is 0 Å². The highest BCUT2D eigenvalue weighted by Gasteiger charge is 2.04. The number of hydrogen-bond acceptors (Lipinski definition) is 2. The molecule has 0 aliphatic carbocycles. The Morgan fingerprint density at radius 1 is 1.23 bits per heavy atom. The van der Waals surface area contributed by atoms with Crippen molar-refractivity contribution in [2.45, 2.75) is 27.7 Å². The molecule has 0 saturated heterocycles. The molecule has 74 valence electrons. The van der Waals surface area contributed by atoms with Gasteiger partial charge in [-0.15, -0.1) is 0 Å². The van der Waals surface area contributed by atoms with Gasteiger partial charge in [-0.25, -0.2) is 0 Å². The minimum absolute atomic E-state index is 0.106. The van der Waals surface area contributed by atoms with Gasteiger partial charge in [0.15, 0.2) is 5.78 Å². The molecule has 0 rings (SSSR count). The van der Waals surface area contributed by atoms with Gasteiger partial charge < -0.3 is 5.11 Å². The van der Waals surface area contributed by atoms with Crippen LogP contribution in [0.15, 0.2) is 36.1 Å². The van der Waals surface area contributed by atoms with Crippen molar-refractivity contribution in [1.82, 2.24) is 0 Å². The number of Topliss-reactive ketones (excluding diaryl/α,β-unsaturated/α-hetero) is 1. The Bertz CT molecular complexity index is 234. The van der Waals surface area contributed by atoms with Gasteiger partial charge in [0, 0.05) is 0 Å². The van der Waals surface area contributed by atoms with Crippen molar-refractivity contribution in [3.8, 4) is 0 Å². The average Bonchev–Trinajstić information content (AvgIpc) is 2.05. The molecule has 0 fully saturated rings. The van der Waals surface area contributed by atoms with Crippen molar-refractivity contribution in [3.63, 3.8) is 0 Å². The van der Waals surface area contributed by atoms with Gasteiger partial charge in [-0.05, 0) is 19.9 Å². The van der Waals surface area contributed by atoms with E-state index in [9.17, 15) is 4.79 Å². The van der Waals surface area contributed by atoms with Crippen LogP contribution in [0.5, 0.6) is 0 Å². The van der Waals surface area contributed by atoms with Gasteiger partial charge in [0.25, 0.3) is 0 Å². The van der Waals surface area contributed by atoms with Gasteiger partial charge >= 0.3 is 0 Å². The fourth-order valence-corrected chi connectivity index (χ4v) is 0.501. The zero-order valence-corrected chi connectivity index (χ0v) is 8.85. The third-order valence-electron chi connectivity index (χ3n) is 1.12. The Morgan fingerprint density at radius 3 is 1.85 bits per heavy atom. The van der Waals surface area contributed by atoms with Gasteiger partial charge in [0.2, 0.25) is 0 Å². The van der Waals surface area contributed by atoms with E-state index in [-0.39, 0.29) is 17.1 Å². The third kappa shape index (κ3) is 7.06. The summed E-state index contributed by atoms with van der Waals surface area (Å²) in [5.74, 6) is -0.343. The zero-order chi connectivity index (χ0) is 11.0. The van der Waals surface area contributed by atoms with Gasteiger partial charge in [0.05, 0.1) is 5.57 Å². The Balaban J connectivity index is 0. The maximum absolute atomic E-state index is 10.6. The molecule has 0 atom stereocenters. The van der Waals surface area contributed by atoms with Crippen molar-refractivity contribution in [3.05, 3.63) is 36.1 Å². The number of allylic oxidation sites excluding steroid dienone is 3. The van der Waals surface area contributed by atoms with Crippen molar-refractivity contribution >= 4 is 5.78 Å². The van der Waals surface area contributed by atoms with Crippen molar-refractivity contribution in [2.24, 2.45) is 0 Å². The van der Waals surface area contributed by atoms with Crippen LogP contribution in [-0.2, 0) is 4.79 Å². The number of hydrogen-bond donors (Lipinski definition) is 1. The topological polar surface area (TPSA) is 37.3 Å². The van der Waals surface area contributed by atoms with E-state index in [2.05, 4.69) is 13.2 Å². The van der Waals surface area contributed by atoms with E-state index in [1.54, 1.807) is 6.92 Å². The summed E-state index contributed by atoms with van der Waals surface area (Å²) < 4.78 is 0. The summed E-state index contributed by atoms with van der Waals surface area (Å²) in [6.45, 7) is 14.0. The molecule has 2 nitrogen and oxygen atoms in total. The molecule has 0 aromatic heterocycles. The van der Waals surface area contributed by atoms with Crippen LogP contribution in [0.2, 0.25) is 0 Å². The van der Waals surface area contributed by atoms with Crippen LogP contribution in [0, 0.1) is 0 Å². The Morgan fingerprint density at radius 2 is 1.62 bits per heavy atom. The first-order chi connectivity index (χ1) is 5.95. The van der Waals surface area contributed by atoms with Gasteiger partial charge in [-0.3, -0.25) is 4.79 Å². The standard InChI is InChI=1S/C9H12O2.C2H6/c1-6(2)5-9(11)7(3)8(4)10;1-2/h5,11H,1,3H2,2,4H3;1-2H3/b9-5+;. The lowest BCUT2D eigenvalue weighted by Crippen LogP contribution is -1.97. The molecule has 0 aromatic carbocycles. The third-order valence-corrected chi connectivity index (χ3v) is 1.12. The van der Waals surface area contributed by atoms with E-state index < -0.39 is 0 Å². The van der Waals surface area contributed by atoms with Crippen LogP contribution in [0.3, 0.4) is 0 Å². The molecule has 0 heterocycles. The lowest BCUT2D eigenvalue weighted by atomic mass is 10.1. The molecule has 0 amide bonds. The largest absolute Gasteiger partial charge is 0.507 e. The minimum atomic E-state index is -0.236. The molecular formula is C11H18O2. The average molecular weight is 182 g/mol. The van der Waals surface area contributed by atoms with Crippen LogP contribution >= 0.6 is 0 Å².